The fraction of sp³-hybridized carbons (Fsp3) is 0.550. The molecule has 8 heteroatoms. The molecule has 0 bridgehead atoms. The third kappa shape index (κ3) is 6.74. The second-order valence-corrected chi connectivity index (χ2v) is 9.86. The van der Waals surface area contributed by atoms with Gasteiger partial charge in [0.25, 0.3) is 0 Å². The number of halogens is 1. The smallest absolute Gasteiger partial charge is 0.191 e. The molecule has 0 amide bonds. The molecule has 2 aromatic heterocycles. The Morgan fingerprint density at radius 2 is 2.29 bits per heavy atom. The van der Waals surface area contributed by atoms with Crippen molar-refractivity contribution in [1.29, 1.82) is 0 Å². The van der Waals surface area contributed by atoms with E-state index in [1.54, 1.807) is 0 Å². The highest BCUT2D eigenvalue weighted by atomic mass is 35.5. The van der Waals surface area contributed by atoms with Crippen LogP contribution in [0.3, 0.4) is 0 Å². The van der Waals surface area contributed by atoms with Crippen molar-refractivity contribution >= 4 is 40.2 Å². The van der Waals surface area contributed by atoms with Gasteiger partial charge in [-0.05, 0) is 55.8 Å². The molecule has 0 saturated carbocycles. The van der Waals surface area contributed by atoms with Crippen LogP contribution in [0.5, 0.6) is 0 Å². The van der Waals surface area contributed by atoms with Crippen LogP contribution in [-0.2, 0) is 6.54 Å². The Hall–Kier alpha value is -1.12. The van der Waals surface area contributed by atoms with Crippen LogP contribution >= 0.6 is 34.3 Å². The normalized spacial score (nSPS) is 19.5. The number of nitrogens with one attached hydrogen (secondary N) is 2. The molecule has 0 aliphatic carbocycles. The third-order valence-corrected chi connectivity index (χ3v) is 7.00. The zero-order chi connectivity index (χ0) is 19.8. The third-order valence-electron chi connectivity index (χ3n) is 4.81. The van der Waals surface area contributed by atoms with Gasteiger partial charge in [0.1, 0.15) is 6.10 Å². The van der Waals surface area contributed by atoms with E-state index in [4.69, 9.17) is 11.6 Å². The summed E-state index contributed by atoms with van der Waals surface area (Å²) in [6, 6.07) is 8.01. The standard InChI is InChI=1S/C20H29ClN4OS2/c1-2-22-20(24-12-17(26)18-7-8-19(21)28-18)23-11-15-5-3-9-25(13-15)14-16-6-4-10-27-16/h4,6-8,10,15,17,26H,2-3,5,9,11-14H2,1H3,(H2,22,23,24). The van der Waals surface area contributed by atoms with Gasteiger partial charge in [-0.3, -0.25) is 9.89 Å². The fourth-order valence-electron chi connectivity index (χ4n) is 3.44. The van der Waals surface area contributed by atoms with Crippen molar-refractivity contribution in [2.24, 2.45) is 10.9 Å². The summed E-state index contributed by atoms with van der Waals surface area (Å²) in [7, 11) is 0. The highest BCUT2D eigenvalue weighted by Crippen LogP contribution is 2.27. The van der Waals surface area contributed by atoms with Crippen LogP contribution in [0.15, 0.2) is 34.6 Å². The van der Waals surface area contributed by atoms with E-state index in [1.807, 2.05) is 23.5 Å². The van der Waals surface area contributed by atoms with E-state index in [9.17, 15) is 5.11 Å². The first-order valence-electron chi connectivity index (χ1n) is 9.84. The van der Waals surface area contributed by atoms with Crippen LogP contribution in [-0.4, -0.2) is 48.7 Å². The molecule has 1 saturated heterocycles. The first-order valence-corrected chi connectivity index (χ1v) is 11.9. The van der Waals surface area contributed by atoms with Gasteiger partial charge in [-0.25, -0.2) is 0 Å². The Balaban J connectivity index is 1.48. The molecule has 2 unspecified atom stereocenters. The maximum absolute atomic E-state index is 10.3. The van der Waals surface area contributed by atoms with E-state index in [-0.39, 0.29) is 0 Å². The van der Waals surface area contributed by atoms with Crippen LogP contribution in [0, 0.1) is 5.92 Å². The number of hydrogen-bond acceptors (Lipinski definition) is 5. The minimum atomic E-state index is -0.621. The highest BCUT2D eigenvalue weighted by Gasteiger charge is 2.20. The Morgan fingerprint density at radius 1 is 1.39 bits per heavy atom. The van der Waals surface area contributed by atoms with E-state index in [0.717, 1.165) is 37.0 Å². The fourth-order valence-corrected chi connectivity index (χ4v) is 5.23. The van der Waals surface area contributed by atoms with E-state index in [2.05, 4.69) is 45.0 Å². The predicted octanol–water partition coefficient (Wildman–Crippen LogP) is 3.96. The van der Waals surface area contributed by atoms with Crippen LogP contribution in [0.2, 0.25) is 4.34 Å². The lowest BCUT2D eigenvalue weighted by molar-refractivity contribution is 0.169. The van der Waals surface area contributed by atoms with Crippen molar-refractivity contribution in [2.45, 2.75) is 32.4 Å². The summed E-state index contributed by atoms with van der Waals surface area (Å²) < 4.78 is 0.687. The number of aliphatic imine (C=N–C) groups is 1. The van der Waals surface area contributed by atoms with Gasteiger partial charge in [-0.2, -0.15) is 0 Å². The number of aliphatic hydroxyl groups excluding tert-OH is 1. The molecular weight excluding hydrogens is 412 g/mol. The van der Waals surface area contributed by atoms with Crippen molar-refractivity contribution in [3.8, 4) is 0 Å². The molecule has 154 valence electrons. The molecule has 5 nitrogen and oxygen atoms in total. The molecule has 1 fully saturated rings. The molecule has 2 atom stereocenters. The zero-order valence-corrected chi connectivity index (χ0v) is 18.6. The molecule has 3 N–H and O–H groups in total. The summed E-state index contributed by atoms with van der Waals surface area (Å²) in [6.07, 6.45) is 1.86. The highest BCUT2D eigenvalue weighted by molar-refractivity contribution is 7.16. The summed E-state index contributed by atoms with van der Waals surface area (Å²) in [6.45, 7) is 7.41. The second kappa shape index (κ2) is 11.2. The molecular formula is C20H29ClN4OS2. The lowest BCUT2D eigenvalue weighted by Gasteiger charge is -2.32. The van der Waals surface area contributed by atoms with Crippen molar-refractivity contribution in [2.75, 3.05) is 32.7 Å². The van der Waals surface area contributed by atoms with Crippen molar-refractivity contribution in [3.63, 3.8) is 0 Å². The van der Waals surface area contributed by atoms with Gasteiger partial charge in [0.15, 0.2) is 5.96 Å². The number of thiophene rings is 2. The molecule has 2 aromatic rings. The SMILES string of the molecule is CCNC(=NCC(O)c1ccc(Cl)s1)NCC1CCCN(Cc2cccs2)C1. The summed E-state index contributed by atoms with van der Waals surface area (Å²) in [5.74, 6) is 1.37. The number of guanidine groups is 1. The first kappa shape index (κ1) is 21.6. The molecule has 3 rings (SSSR count). The van der Waals surface area contributed by atoms with Crippen molar-refractivity contribution in [3.05, 3.63) is 43.7 Å². The summed E-state index contributed by atoms with van der Waals surface area (Å²) in [5.41, 5.74) is 0. The largest absolute Gasteiger partial charge is 0.386 e. The van der Waals surface area contributed by atoms with Gasteiger partial charge in [0, 0.05) is 35.9 Å². The van der Waals surface area contributed by atoms with Crippen LogP contribution in [0.25, 0.3) is 0 Å². The predicted molar refractivity (Wildman–Crippen MR) is 121 cm³/mol. The van der Waals surface area contributed by atoms with E-state index < -0.39 is 6.10 Å². The average Bonchev–Trinajstić information content (AvgIpc) is 3.36. The van der Waals surface area contributed by atoms with Crippen LogP contribution in [0.1, 0.15) is 35.6 Å². The minimum absolute atomic E-state index is 0.321. The molecule has 0 spiro atoms. The number of rotatable bonds is 8. The van der Waals surface area contributed by atoms with Crippen LogP contribution < -0.4 is 10.6 Å². The van der Waals surface area contributed by atoms with Gasteiger partial charge in [0.05, 0.1) is 10.9 Å². The van der Waals surface area contributed by atoms with E-state index >= 15 is 0 Å². The van der Waals surface area contributed by atoms with Gasteiger partial charge >= 0.3 is 0 Å². The summed E-state index contributed by atoms with van der Waals surface area (Å²) in [5, 5.41) is 19.2. The summed E-state index contributed by atoms with van der Waals surface area (Å²) >= 11 is 9.19. The number of piperidine rings is 1. The molecule has 1 aliphatic heterocycles. The number of hydrogen-bond donors (Lipinski definition) is 3. The monoisotopic (exact) mass is 440 g/mol. The average molecular weight is 441 g/mol. The Morgan fingerprint density at radius 3 is 3.00 bits per heavy atom. The van der Waals surface area contributed by atoms with Crippen LogP contribution in [0.4, 0.5) is 0 Å². The number of nitrogens with zero attached hydrogens (tertiary/aromatic N) is 2. The lowest BCUT2D eigenvalue weighted by atomic mass is 9.98. The summed E-state index contributed by atoms with van der Waals surface area (Å²) in [4.78, 5) is 9.40. The van der Waals surface area contributed by atoms with Crippen molar-refractivity contribution < 1.29 is 5.11 Å². The Labute approximate surface area is 180 Å². The molecule has 28 heavy (non-hydrogen) atoms. The Kier molecular flexibility index (Phi) is 8.61. The van der Waals surface area contributed by atoms with Gasteiger partial charge < -0.3 is 15.7 Å². The second-order valence-electron chi connectivity index (χ2n) is 7.08. The molecule has 1 aliphatic rings. The maximum atomic E-state index is 10.3. The number of likely N-dealkylation sites (tertiary alicyclic amines) is 1. The van der Waals surface area contributed by atoms with Crippen molar-refractivity contribution in [1.82, 2.24) is 15.5 Å². The van der Waals surface area contributed by atoms with E-state index in [0.29, 0.717) is 16.8 Å². The van der Waals surface area contributed by atoms with Gasteiger partial charge in [-0.1, -0.05) is 17.7 Å². The molecule has 3 heterocycles. The Bertz CT molecular complexity index is 734. The molecule has 0 radical (unpaired) electrons. The zero-order valence-electron chi connectivity index (χ0n) is 16.2. The topological polar surface area (TPSA) is 59.9 Å². The van der Waals surface area contributed by atoms with Gasteiger partial charge in [-0.15, -0.1) is 22.7 Å². The maximum Gasteiger partial charge on any atom is 0.191 e. The number of aliphatic hydroxyl groups is 1. The lowest BCUT2D eigenvalue weighted by Crippen LogP contribution is -2.44. The molecule has 0 aromatic carbocycles. The van der Waals surface area contributed by atoms with E-state index in [1.165, 1.54) is 35.6 Å². The quantitative estimate of drug-likeness (QED) is 0.429. The van der Waals surface area contributed by atoms with Gasteiger partial charge in [0.2, 0.25) is 0 Å². The first-order chi connectivity index (χ1) is 13.6. The minimum Gasteiger partial charge on any atom is -0.386 e.